The van der Waals surface area contributed by atoms with E-state index in [4.69, 9.17) is 16.3 Å². The standard InChI is InChI=1S/C19H20ClN3O2/c1-12-10-14(20)8-9-17(12)25-13(2)19(24)23(3)11-18-21-15-6-4-5-7-16(15)22-18/h4-10,13H,11H2,1-3H3,(H,21,22). The van der Waals surface area contributed by atoms with E-state index in [1.54, 1.807) is 31.0 Å². The molecule has 1 amide bonds. The first-order valence-electron chi connectivity index (χ1n) is 8.05. The lowest BCUT2D eigenvalue weighted by Gasteiger charge is -2.22. The summed E-state index contributed by atoms with van der Waals surface area (Å²) in [5.41, 5.74) is 2.74. The maximum absolute atomic E-state index is 12.6. The second-order valence-corrected chi connectivity index (χ2v) is 6.50. The number of halogens is 1. The number of carbonyl (C=O) groups excluding carboxylic acids is 1. The van der Waals surface area contributed by atoms with E-state index < -0.39 is 6.10 Å². The number of fused-ring (bicyclic) bond motifs is 1. The van der Waals surface area contributed by atoms with Crippen LogP contribution in [0.1, 0.15) is 18.3 Å². The SMILES string of the molecule is Cc1cc(Cl)ccc1OC(C)C(=O)N(C)Cc1nc2ccccc2[nH]1. The number of amides is 1. The van der Waals surface area contributed by atoms with Crippen LogP contribution in [0.15, 0.2) is 42.5 Å². The summed E-state index contributed by atoms with van der Waals surface area (Å²) in [5.74, 6) is 1.28. The van der Waals surface area contributed by atoms with Gasteiger partial charge in [0.15, 0.2) is 6.10 Å². The minimum atomic E-state index is -0.603. The molecule has 130 valence electrons. The topological polar surface area (TPSA) is 58.2 Å². The summed E-state index contributed by atoms with van der Waals surface area (Å²) in [7, 11) is 1.74. The molecule has 3 rings (SSSR count). The summed E-state index contributed by atoms with van der Waals surface area (Å²) in [6.45, 7) is 4.03. The largest absolute Gasteiger partial charge is 0.481 e. The van der Waals surface area contributed by atoms with Crippen molar-refractivity contribution in [2.24, 2.45) is 0 Å². The molecule has 3 aromatic rings. The monoisotopic (exact) mass is 357 g/mol. The predicted octanol–water partition coefficient (Wildman–Crippen LogP) is 3.95. The van der Waals surface area contributed by atoms with Gasteiger partial charge in [-0.25, -0.2) is 4.98 Å². The number of hydrogen-bond acceptors (Lipinski definition) is 3. The highest BCUT2D eigenvalue weighted by Gasteiger charge is 2.21. The average molecular weight is 358 g/mol. The van der Waals surface area contributed by atoms with Gasteiger partial charge in [0.25, 0.3) is 5.91 Å². The summed E-state index contributed by atoms with van der Waals surface area (Å²) in [6, 6.07) is 13.1. The molecule has 1 heterocycles. The molecule has 5 nitrogen and oxygen atoms in total. The molecule has 0 fully saturated rings. The van der Waals surface area contributed by atoms with Crippen LogP contribution in [0.3, 0.4) is 0 Å². The Labute approximate surface area is 151 Å². The van der Waals surface area contributed by atoms with Crippen molar-refractivity contribution < 1.29 is 9.53 Å². The molecule has 2 aromatic carbocycles. The number of aromatic nitrogens is 2. The first-order chi connectivity index (χ1) is 11.9. The number of carbonyl (C=O) groups is 1. The van der Waals surface area contributed by atoms with E-state index in [1.165, 1.54) is 0 Å². The molecular formula is C19H20ClN3O2. The van der Waals surface area contributed by atoms with Gasteiger partial charge in [-0.2, -0.15) is 0 Å². The number of imidazole rings is 1. The fraction of sp³-hybridized carbons (Fsp3) is 0.263. The first kappa shape index (κ1) is 17.3. The van der Waals surface area contributed by atoms with Crippen molar-refractivity contribution in [1.29, 1.82) is 0 Å². The van der Waals surface area contributed by atoms with Gasteiger partial charge in [-0.05, 0) is 49.7 Å². The Morgan fingerprint density at radius 1 is 1.32 bits per heavy atom. The number of nitrogens with zero attached hydrogens (tertiary/aromatic N) is 2. The summed E-state index contributed by atoms with van der Waals surface area (Å²) in [6.07, 6.45) is -0.603. The Bertz CT molecular complexity index is 874. The smallest absolute Gasteiger partial charge is 0.263 e. The number of nitrogens with one attached hydrogen (secondary N) is 1. The van der Waals surface area contributed by atoms with Crippen LogP contribution < -0.4 is 4.74 Å². The fourth-order valence-corrected chi connectivity index (χ4v) is 2.91. The molecule has 6 heteroatoms. The molecule has 1 N–H and O–H groups in total. The molecule has 1 atom stereocenters. The van der Waals surface area contributed by atoms with Crippen molar-refractivity contribution in [3.05, 3.63) is 58.9 Å². The van der Waals surface area contributed by atoms with E-state index in [0.29, 0.717) is 17.3 Å². The van der Waals surface area contributed by atoms with Crippen molar-refractivity contribution in [3.8, 4) is 5.75 Å². The highest BCUT2D eigenvalue weighted by Crippen LogP contribution is 2.23. The van der Waals surface area contributed by atoms with Crippen molar-refractivity contribution in [2.45, 2.75) is 26.5 Å². The molecule has 0 aliphatic rings. The molecule has 0 aliphatic carbocycles. The third-order valence-corrected chi connectivity index (χ3v) is 4.23. The van der Waals surface area contributed by atoms with Gasteiger partial charge in [0.05, 0.1) is 17.6 Å². The normalized spacial score (nSPS) is 12.2. The molecule has 1 aromatic heterocycles. The average Bonchev–Trinajstić information content (AvgIpc) is 2.98. The van der Waals surface area contributed by atoms with Crippen molar-refractivity contribution in [2.75, 3.05) is 7.05 Å². The van der Waals surface area contributed by atoms with Crippen molar-refractivity contribution in [3.63, 3.8) is 0 Å². The van der Waals surface area contributed by atoms with Gasteiger partial charge in [0.2, 0.25) is 0 Å². The Morgan fingerprint density at radius 2 is 2.08 bits per heavy atom. The molecule has 0 aliphatic heterocycles. The van der Waals surface area contributed by atoms with Crippen LogP contribution in [0.5, 0.6) is 5.75 Å². The zero-order valence-corrected chi connectivity index (χ0v) is 15.2. The summed E-state index contributed by atoms with van der Waals surface area (Å²) in [4.78, 5) is 21.9. The van der Waals surface area contributed by atoms with Crippen LogP contribution in [0.2, 0.25) is 5.02 Å². The fourth-order valence-electron chi connectivity index (χ4n) is 2.68. The van der Waals surface area contributed by atoms with Gasteiger partial charge < -0.3 is 14.6 Å². The van der Waals surface area contributed by atoms with E-state index in [2.05, 4.69) is 9.97 Å². The number of likely N-dealkylation sites (N-methyl/N-ethyl adjacent to an activating group) is 1. The number of ether oxygens (including phenoxy) is 1. The molecule has 1 unspecified atom stereocenters. The predicted molar refractivity (Wildman–Crippen MR) is 98.8 cm³/mol. The number of para-hydroxylation sites is 2. The molecule has 0 radical (unpaired) electrons. The van der Waals surface area contributed by atoms with Gasteiger partial charge >= 0.3 is 0 Å². The third-order valence-electron chi connectivity index (χ3n) is 3.99. The number of benzene rings is 2. The number of hydrogen-bond donors (Lipinski definition) is 1. The van der Waals surface area contributed by atoms with Gasteiger partial charge in [0.1, 0.15) is 11.6 Å². The number of H-pyrrole nitrogens is 1. The second kappa shape index (κ2) is 7.15. The van der Waals surface area contributed by atoms with Crippen LogP contribution >= 0.6 is 11.6 Å². The number of aromatic amines is 1. The van der Waals surface area contributed by atoms with E-state index in [9.17, 15) is 4.79 Å². The maximum Gasteiger partial charge on any atom is 0.263 e. The lowest BCUT2D eigenvalue weighted by Crippen LogP contribution is -2.37. The van der Waals surface area contributed by atoms with Crippen LogP contribution in [0.25, 0.3) is 11.0 Å². The number of aryl methyl sites for hydroxylation is 1. The van der Waals surface area contributed by atoms with Gasteiger partial charge in [0, 0.05) is 12.1 Å². The van der Waals surface area contributed by atoms with Crippen molar-refractivity contribution >= 4 is 28.5 Å². The molecule has 25 heavy (non-hydrogen) atoms. The number of rotatable bonds is 5. The minimum Gasteiger partial charge on any atom is -0.481 e. The first-order valence-corrected chi connectivity index (χ1v) is 8.43. The van der Waals surface area contributed by atoms with Gasteiger partial charge in [-0.15, -0.1) is 0 Å². The van der Waals surface area contributed by atoms with E-state index in [0.717, 1.165) is 22.4 Å². The molecule has 0 saturated heterocycles. The lowest BCUT2D eigenvalue weighted by atomic mass is 10.2. The van der Waals surface area contributed by atoms with Crippen LogP contribution in [0.4, 0.5) is 0 Å². The maximum atomic E-state index is 12.6. The lowest BCUT2D eigenvalue weighted by molar-refractivity contribution is -0.137. The molecule has 0 saturated carbocycles. The Kier molecular flexibility index (Phi) is 4.95. The minimum absolute atomic E-state index is 0.116. The Hall–Kier alpha value is -2.53. The molecule has 0 spiro atoms. The summed E-state index contributed by atoms with van der Waals surface area (Å²) < 4.78 is 5.80. The zero-order chi connectivity index (χ0) is 18.0. The van der Waals surface area contributed by atoms with E-state index in [-0.39, 0.29) is 5.91 Å². The highest BCUT2D eigenvalue weighted by molar-refractivity contribution is 6.30. The van der Waals surface area contributed by atoms with Gasteiger partial charge in [-0.1, -0.05) is 23.7 Å². The van der Waals surface area contributed by atoms with Crippen LogP contribution in [-0.4, -0.2) is 33.9 Å². The second-order valence-electron chi connectivity index (χ2n) is 6.06. The Balaban J connectivity index is 1.66. The summed E-state index contributed by atoms with van der Waals surface area (Å²) >= 11 is 5.95. The Morgan fingerprint density at radius 3 is 2.80 bits per heavy atom. The van der Waals surface area contributed by atoms with Gasteiger partial charge in [-0.3, -0.25) is 4.79 Å². The zero-order valence-electron chi connectivity index (χ0n) is 14.4. The molecule has 0 bridgehead atoms. The molecular weight excluding hydrogens is 338 g/mol. The highest BCUT2D eigenvalue weighted by atomic mass is 35.5. The summed E-state index contributed by atoms with van der Waals surface area (Å²) in [5, 5.41) is 0.644. The van der Waals surface area contributed by atoms with E-state index in [1.807, 2.05) is 37.3 Å². The third kappa shape index (κ3) is 3.94. The van der Waals surface area contributed by atoms with Crippen LogP contribution in [0, 0.1) is 6.92 Å². The van der Waals surface area contributed by atoms with Crippen molar-refractivity contribution in [1.82, 2.24) is 14.9 Å². The quantitative estimate of drug-likeness (QED) is 0.752. The van der Waals surface area contributed by atoms with E-state index >= 15 is 0 Å². The van der Waals surface area contributed by atoms with Crippen LogP contribution in [-0.2, 0) is 11.3 Å².